The number of methoxy groups -OCH3 is 1. The van der Waals surface area contributed by atoms with Crippen LogP contribution >= 0.6 is 11.6 Å². The molecule has 0 aliphatic heterocycles. The summed E-state index contributed by atoms with van der Waals surface area (Å²) in [4.78, 5) is 10.8. The van der Waals surface area contributed by atoms with Gasteiger partial charge in [-0.15, -0.1) is 0 Å². The van der Waals surface area contributed by atoms with Crippen LogP contribution in [0.15, 0.2) is 18.2 Å². The maximum atomic E-state index is 12.3. The molecule has 1 rings (SSSR count). The van der Waals surface area contributed by atoms with Gasteiger partial charge >= 0.3 is 6.18 Å². The molecule has 1 aromatic carbocycles. The van der Waals surface area contributed by atoms with Crippen molar-refractivity contribution in [1.29, 1.82) is 0 Å². The molecule has 0 saturated carbocycles. The van der Waals surface area contributed by atoms with Gasteiger partial charge in [-0.2, -0.15) is 13.2 Å². The van der Waals surface area contributed by atoms with E-state index in [4.69, 9.17) is 11.6 Å². The van der Waals surface area contributed by atoms with E-state index in [2.05, 4.69) is 4.74 Å². The van der Waals surface area contributed by atoms with Crippen LogP contribution in [0, 0.1) is 0 Å². The SMILES string of the molecule is COc1cc(C(F)(F)F)ccc1C(=O)Cl. The Morgan fingerprint density at radius 3 is 2.40 bits per heavy atom. The summed E-state index contributed by atoms with van der Waals surface area (Å²) >= 11 is 5.15. The summed E-state index contributed by atoms with van der Waals surface area (Å²) in [7, 11) is 1.17. The lowest BCUT2D eigenvalue weighted by Gasteiger charge is -2.10. The molecular formula is C9H6ClF3O2. The molecule has 1 aromatic rings. The van der Waals surface area contributed by atoms with Crippen LogP contribution in [0.3, 0.4) is 0 Å². The molecule has 0 radical (unpaired) electrons. The Morgan fingerprint density at radius 1 is 1.40 bits per heavy atom. The van der Waals surface area contributed by atoms with E-state index in [-0.39, 0.29) is 11.3 Å². The zero-order valence-corrected chi connectivity index (χ0v) is 8.32. The number of carbonyl (C=O) groups is 1. The molecule has 15 heavy (non-hydrogen) atoms. The maximum Gasteiger partial charge on any atom is 0.416 e. The minimum atomic E-state index is -4.47. The highest BCUT2D eigenvalue weighted by atomic mass is 35.5. The van der Waals surface area contributed by atoms with Crippen molar-refractivity contribution in [2.75, 3.05) is 7.11 Å². The number of benzene rings is 1. The third-order valence-corrected chi connectivity index (χ3v) is 1.94. The zero-order valence-electron chi connectivity index (χ0n) is 7.56. The predicted octanol–water partition coefficient (Wildman–Crippen LogP) is 3.09. The lowest BCUT2D eigenvalue weighted by Crippen LogP contribution is -2.06. The molecule has 0 saturated heterocycles. The first kappa shape index (κ1) is 11.8. The van der Waals surface area contributed by atoms with Gasteiger partial charge in [0.05, 0.1) is 18.2 Å². The van der Waals surface area contributed by atoms with Gasteiger partial charge in [-0.25, -0.2) is 0 Å². The van der Waals surface area contributed by atoms with Gasteiger partial charge in [0.2, 0.25) is 0 Å². The topological polar surface area (TPSA) is 26.3 Å². The lowest BCUT2D eigenvalue weighted by atomic mass is 10.1. The van der Waals surface area contributed by atoms with Gasteiger partial charge in [-0.1, -0.05) is 0 Å². The number of ether oxygens (including phenoxy) is 1. The molecule has 0 unspecified atom stereocenters. The second kappa shape index (κ2) is 4.10. The van der Waals surface area contributed by atoms with E-state index in [9.17, 15) is 18.0 Å². The highest BCUT2D eigenvalue weighted by Gasteiger charge is 2.31. The molecule has 0 amide bonds. The van der Waals surface area contributed by atoms with Gasteiger partial charge < -0.3 is 4.74 Å². The van der Waals surface area contributed by atoms with Crippen LogP contribution in [0.1, 0.15) is 15.9 Å². The molecule has 0 spiro atoms. The standard InChI is InChI=1S/C9H6ClF3O2/c1-15-7-4-5(9(11,12)13)2-3-6(7)8(10)14/h2-4H,1H3. The Hall–Kier alpha value is -1.23. The molecule has 0 heterocycles. The van der Waals surface area contributed by atoms with Crippen molar-refractivity contribution in [3.8, 4) is 5.75 Å². The van der Waals surface area contributed by atoms with Gasteiger partial charge in [0.1, 0.15) is 5.75 Å². The Kier molecular flexibility index (Phi) is 3.24. The lowest BCUT2D eigenvalue weighted by molar-refractivity contribution is -0.137. The fraction of sp³-hybridized carbons (Fsp3) is 0.222. The second-order valence-corrected chi connectivity index (χ2v) is 3.03. The fourth-order valence-electron chi connectivity index (χ4n) is 1.03. The Balaban J connectivity index is 3.25. The van der Waals surface area contributed by atoms with Gasteiger partial charge in [0.15, 0.2) is 0 Å². The van der Waals surface area contributed by atoms with Crippen LogP contribution in [0.5, 0.6) is 5.75 Å². The molecule has 0 N–H and O–H groups in total. The molecule has 0 aliphatic carbocycles. The molecule has 0 aliphatic rings. The third kappa shape index (κ3) is 2.62. The van der Waals surface area contributed by atoms with E-state index >= 15 is 0 Å². The first-order valence-electron chi connectivity index (χ1n) is 3.81. The van der Waals surface area contributed by atoms with Crippen molar-refractivity contribution in [2.24, 2.45) is 0 Å². The van der Waals surface area contributed by atoms with Crippen LogP contribution in [0.25, 0.3) is 0 Å². The van der Waals surface area contributed by atoms with Crippen molar-refractivity contribution in [2.45, 2.75) is 6.18 Å². The van der Waals surface area contributed by atoms with Crippen LogP contribution in [-0.4, -0.2) is 12.4 Å². The summed E-state index contributed by atoms with van der Waals surface area (Å²) < 4.78 is 41.4. The molecule has 0 atom stereocenters. The molecule has 0 bridgehead atoms. The van der Waals surface area contributed by atoms with E-state index in [1.807, 2.05) is 0 Å². The Bertz CT molecular complexity index is 387. The summed E-state index contributed by atoms with van der Waals surface area (Å²) in [5.41, 5.74) is -0.979. The van der Waals surface area contributed by atoms with E-state index in [1.54, 1.807) is 0 Å². The molecule has 0 aromatic heterocycles. The maximum absolute atomic E-state index is 12.3. The quantitative estimate of drug-likeness (QED) is 0.740. The first-order chi connectivity index (χ1) is 6.86. The number of carbonyl (C=O) groups excluding carboxylic acids is 1. The summed E-state index contributed by atoms with van der Waals surface area (Å²) in [6, 6.07) is 2.49. The average molecular weight is 239 g/mol. The molecule has 0 fully saturated rings. The van der Waals surface area contributed by atoms with Crippen molar-refractivity contribution in [3.63, 3.8) is 0 Å². The normalized spacial score (nSPS) is 11.3. The van der Waals surface area contributed by atoms with Crippen LogP contribution in [0.4, 0.5) is 13.2 Å². The minimum Gasteiger partial charge on any atom is -0.496 e. The first-order valence-corrected chi connectivity index (χ1v) is 4.19. The average Bonchev–Trinajstić information content (AvgIpc) is 2.15. The smallest absolute Gasteiger partial charge is 0.416 e. The number of hydrogen-bond acceptors (Lipinski definition) is 2. The van der Waals surface area contributed by atoms with Crippen molar-refractivity contribution in [1.82, 2.24) is 0 Å². The monoisotopic (exact) mass is 238 g/mol. The second-order valence-electron chi connectivity index (χ2n) is 2.69. The highest BCUT2D eigenvalue weighted by molar-refractivity contribution is 6.68. The third-order valence-electron chi connectivity index (χ3n) is 1.74. The molecular weight excluding hydrogens is 233 g/mol. The highest BCUT2D eigenvalue weighted by Crippen LogP contribution is 2.33. The van der Waals surface area contributed by atoms with Crippen molar-refractivity contribution < 1.29 is 22.7 Å². The number of alkyl halides is 3. The van der Waals surface area contributed by atoms with Gasteiger partial charge in [0.25, 0.3) is 5.24 Å². The van der Waals surface area contributed by atoms with E-state index in [0.29, 0.717) is 0 Å². The molecule has 6 heteroatoms. The molecule has 2 nitrogen and oxygen atoms in total. The summed E-state index contributed by atoms with van der Waals surface area (Å²) in [6.45, 7) is 0. The predicted molar refractivity (Wildman–Crippen MR) is 48.2 cm³/mol. The fourth-order valence-corrected chi connectivity index (χ4v) is 1.19. The summed E-state index contributed by atoms with van der Waals surface area (Å²) in [6.07, 6.45) is -4.47. The Morgan fingerprint density at radius 2 is 2.00 bits per heavy atom. The summed E-state index contributed by atoms with van der Waals surface area (Å²) in [5.74, 6) is -0.190. The van der Waals surface area contributed by atoms with Crippen LogP contribution < -0.4 is 4.74 Å². The van der Waals surface area contributed by atoms with Gasteiger partial charge in [0, 0.05) is 0 Å². The van der Waals surface area contributed by atoms with Crippen LogP contribution in [-0.2, 0) is 6.18 Å². The number of hydrogen-bond donors (Lipinski definition) is 0. The minimum absolute atomic E-state index is 0.0906. The zero-order chi connectivity index (χ0) is 11.6. The van der Waals surface area contributed by atoms with Crippen molar-refractivity contribution in [3.05, 3.63) is 29.3 Å². The van der Waals surface area contributed by atoms with Gasteiger partial charge in [-0.05, 0) is 29.8 Å². The largest absolute Gasteiger partial charge is 0.496 e. The van der Waals surface area contributed by atoms with E-state index in [1.165, 1.54) is 7.11 Å². The van der Waals surface area contributed by atoms with Crippen molar-refractivity contribution >= 4 is 16.8 Å². The molecule has 82 valence electrons. The van der Waals surface area contributed by atoms with E-state index in [0.717, 1.165) is 18.2 Å². The van der Waals surface area contributed by atoms with E-state index < -0.39 is 17.0 Å². The number of rotatable bonds is 2. The summed E-state index contributed by atoms with van der Waals surface area (Å²) in [5, 5.41) is -0.861. The Labute approximate surface area is 88.6 Å². The van der Waals surface area contributed by atoms with Gasteiger partial charge in [-0.3, -0.25) is 4.79 Å². The number of halogens is 4. The van der Waals surface area contributed by atoms with Crippen LogP contribution in [0.2, 0.25) is 0 Å².